The molecule has 0 spiro atoms. The van der Waals surface area contributed by atoms with E-state index < -0.39 is 0 Å². The number of benzene rings is 1. The minimum atomic E-state index is 0.806. The largest absolute Gasteiger partial charge is 0.397 e. The summed E-state index contributed by atoms with van der Waals surface area (Å²) in [6, 6.07) is 8.06. The Morgan fingerprint density at radius 3 is 2.53 bits per heavy atom. The van der Waals surface area contributed by atoms with E-state index >= 15 is 0 Å². The number of H-pyrrole nitrogens is 1. The topological polar surface area (TPSA) is 57.9 Å². The van der Waals surface area contributed by atoms with Gasteiger partial charge in [-0.25, -0.2) is 0 Å². The van der Waals surface area contributed by atoms with Gasteiger partial charge < -0.3 is 10.6 Å². The molecule has 0 aliphatic rings. The predicted octanol–water partition coefficient (Wildman–Crippen LogP) is 2.51. The maximum Gasteiger partial charge on any atom is 0.0650 e. The molecule has 3 N–H and O–H groups in total. The zero-order chi connectivity index (χ0) is 12.3. The number of nitrogens with zero attached hydrogens (tertiary/aromatic N) is 2. The van der Waals surface area contributed by atoms with Crippen LogP contribution in [0.5, 0.6) is 0 Å². The summed E-state index contributed by atoms with van der Waals surface area (Å²) in [5.41, 5.74) is 10.1. The first kappa shape index (κ1) is 11.5. The molecule has 1 heterocycles. The summed E-state index contributed by atoms with van der Waals surface area (Å²) in [6.45, 7) is 6.19. The third-order valence-corrected chi connectivity index (χ3v) is 2.94. The zero-order valence-corrected chi connectivity index (χ0v) is 10.3. The van der Waals surface area contributed by atoms with E-state index in [9.17, 15) is 0 Å². The fourth-order valence-corrected chi connectivity index (χ4v) is 1.99. The van der Waals surface area contributed by atoms with Crippen molar-refractivity contribution in [3.8, 4) is 11.3 Å². The predicted molar refractivity (Wildman–Crippen MR) is 72.0 cm³/mol. The standard InChI is InChI=1S/C13H18N4/c1-3-17(4-2)13-6-5-10(9-11(13)14)12-7-8-15-16-12/h5-9H,3-4,14H2,1-2H3,(H,15,16). The Morgan fingerprint density at radius 1 is 1.24 bits per heavy atom. The Hall–Kier alpha value is -1.97. The average molecular weight is 230 g/mol. The highest BCUT2D eigenvalue weighted by molar-refractivity contribution is 5.75. The Bertz CT molecular complexity index is 472. The van der Waals surface area contributed by atoms with Crippen molar-refractivity contribution in [1.82, 2.24) is 10.2 Å². The summed E-state index contributed by atoms with van der Waals surface area (Å²) in [5.74, 6) is 0. The zero-order valence-electron chi connectivity index (χ0n) is 10.3. The van der Waals surface area contributed by atoms with Gasteiger partial charge >= 0.3 is 0 Å². The minimum absolute atomic E-state index is 0.806. The fourth-order valence-electron chi connectivity index (χ4n) is 1.99. The molecule has 17 heavy (non-hydrogen) atoms. The van der Waals surface area contributed by atoms with Gasteiger partial charge in [-0.15, -0.1) is 0 Å². The van der Waals surface area contributed by atoms with Crippen molar-refractivity contribution in [3.63, 3.8) is 0 Å². The number of rotatable bonds is 4. The molecule has 90 valence electrons. The summed E-state index contributed by atoms with van der Waals surface area (Å²) in [5, 5.41) is 6.88. The number of nitrogens with two attached hydrogens (primary N) is 1. The number of hydrogen-bond acceptors (Lipinski definition) is 3. The number of nitrogen functional groups attached to an aromatic ring is 1. The van der Waals surface area contributed by atoms with Gasteiger partial charge in [0.25, 0.3) is 0 Å². The van der Waals surface area contributed by atoms with Gasteiger partial charge in [0.15, 0.2) is 0 Å². The first-order valence-electron chi connectivity index (χ1n) is 5.90. The molecule has 0 radical (unpaired) electrons. The molecule has 1 aromatic heterocycles. The van der Waals surface area contributed by atoms with E-state index in [1.54, 1.807) is 6.20 Å². The third-order valence-electron chi connectivity index (χ3n) is 2.94. The van der Waals surface area contributed by atoms with Crippen molar-refractivity contribution in [1.29, 1.82) is 0 Å². The van der Waals surface area contributed by atoms with Gasteiger partial charge in [0.1, 0.15) is 0 Å². The van der Waals surface area contributed by atoms with Crippen LogP contribution >= 0.6 is 0 Å². The Morgan fingerprint density at radius 2 is 2.00 bits per heavy atom. The molecular formula is C13H18N4. The Labute approximate surface area is 101 Å². The molecule has 0 unspecified atom stereocenters. The van der Waals surface area contributed by atoms with Crippen LogP contribution in [0.1, 0.15) is 13.8 Å². The highest BCUT2D eigenvalue weighted by Crippen LogP contribution is 2.28. The van der Waals surface area contributed by atoms with Gasteiger partial charge in [-0.1, -0.05) is 6.07 Å². The van der Waals surface area contributed by atoms with Crippen LogP contribution in [0.4, 0.5) is 11.4 Å². The number of anilines is 2. The second-order valence-electron chi connectivity index (χ2n) is 3.92. The molecule has 0 aliphatic carbocycles. The summed E-state index contributed by atoms with van der Waals surface area (Å²) in [7, 11) is 0. The Kier molecular flexibility index (Phi) is 3.32. The molecule has 4 nitrogen and oxygen atoms in total. The molecule has 0 saturated heterocycles. The van der Waals surface area contributed by atoms with E-state index in [4.69, 9.17) is 5.73 Å². The normalized spacial score (nSPS) is 10.5. The monoisotopic (exact) mass is 230 g/mol. The summed E-state index contributed by atoms with van der Waals surface area (Å²) in [6.07, 6.45) is 1.74. The molecule has 0 saturated carbocycles. The quantitative estimate of drug-likeness (QED) is 0.793. The first-order chi connectivity index (χ1) is 8.26. The molecule has 1 aromatic carbocycles. The van der Waals surface area contributed by atoms with Crippen LogP contribution in [-0.2, 0) is 0 Å². The molecule has 4 heteroatoms. The molecule has 0 bridgehead atoms. The van der Waals surface area contributed by atoms with Gasteiger partial charge in [0.05, 0.1) is 17.1 Å². The lowest BCUT2D eigenvalue weighted by Gasteiger charge is -2.23. The highest BCUT2D eigenvalue weighted by Gasteiger charge is 2.08. The van der Waals surface area contributed by atoms with Crippen molar-refractivity contribution in [2.75, 3.05) is 23.7 Å². The average Bonchev–Trinajstić information content (AvgIpc) is 2.86. The van der Waals surface area contributed by atoms with Gasteiger partial charge in [-0.05, 0) is 32.0 Å². The number of aromatic nitrogens is 2. The molecule has 0 atom stereocenters. The Balaban J connectivity index is 2.35. The van der Waals surface area contributed by atoms with E-state index in [0.717, 1.165) is 35.7 Å². The van der Waals surface area contributed by atoms with E-state index in [-0.39, 0.29) is 0 Å². The lowest BCUT2D eigenvalue weighted by atomic mass is 10.1. The first-order valence-corrected chi connectivity index (χ1v) is 5.90. The van der Waals surface area contributed by atoms with E-state index in [2.05, 4.69) is 41.1 Å². The van der Waals surface area contributed by atoms with Crippen molar-refractivity contribution >= 4 is 11.4 Å². The second-order valence-corrected chi connectivity index (χ2v) is 3.92. The summed E-state index contributed by atoms with van der Waals surface area (Å²) < 4.78 is 0. The highest BCUT2D eigenvalue weighted by atomic mass is 15.1. The fraction of sp³-hybridized carbons (Fsp3) is 0.308. The van der Waals surface area contributed by atoms with Gasteiger partial charge in [0, 0.05) is 24.8 Å². The van der Waals surface area contributed by atoms with Crippen LogP contribution in [0.2, 0.25) is 0 Å². The lowest BCUT2D eigenvalue weighted by molar-refractivity contribution is 0.868. The van der Waals surface area contributed by atoms with Crippen molar-refractivity contribution in [2.24, 2.45) is 0 Å². The van der Waals surface area contributed by atoms with Gasteiger partial charge in [-0.2, -0.15) is 5.10 Å². The summed E-state index contributed by atoms with van der Waals surface area (Å²) >= 11 is 0. The number of nitrogens with one attached hydrogen (secondary N) is 1. The van der Waals surface area contributed by atoms with Crippen LogP contribution in [0.3, 0.4) is 0 Å². The van der Waals surface area contributed by atoms with Crippen LogP contribution in [0.15, 0.2) is 30.5 Å². The molecule has 0 amide bonds. The molecule has 0 fully saturated rings. The van der Waals surface area contributed by atoms with Crippen LogP contribution in [0.25, 0.3) is 11.3 Å². The summed E-state index contributed by atoms with van der Waals surface area (Å²) in [4.78, 5) is 2.24. The van der Waals surface area contributed by atoms with E-state index in [1.165, 1.54) is 0 Å². The van der Waals surface area contributed by atoms with Gasteiger partial charge in [-0.3, -0.25) is 5.10 Å². The van der Waals surface area contributed by atoms with E-state index in [0.29, 0.717) is 0 Å². The van der Waals surface area contributed by atoms with Crippen molar-refractivity contribution < 1.29 is 0 Å². The second kappa shape index (κ2) is 4.91. The number of aromatic amines is 1. The molecular weight excluding hydrogens is 212 g/mol. The SMILES string of the molecule is CCN(CC)c1ccc(-c2ccn[nH]2)cc1N. The van der Waals surface area contributed by atoms with E-state index in [1.807, 2.05) is 12.1 Å². The number of hydrogen-bond donors (Lipinski definition) is 2. The van der Waals surface area contributed by atoms with Crippen LogP contribution in [0, 0.1) is 0 Å². The minimum Gasteiger partial charge on any atom is -0.397 e. The lowest BCUT2D eigenvalue weighted by Crippen LogP contribution is -2.22. The molecule has 2 rings (SSSR count). The van der Waals surface area contributed by atoms with Crippen LogP contribution in [-0.4, -0.2) is 23.3 Å². The molecule has 0 aliphatic heterocycles. The maximum atomic E-state index is 6.10. The van der Waals surface area contributed by atoms with Gasteiger partial charge in [0.2, 0.25) is 0 Å². The maximum absolute atomic E-state index is 6.10. The van der Waals surface area contributed by atoms with Crippen molar-refractivity contribution in [2.45, 2.75) is 13.8 Å². The van der Waals surface area contributed by atoms with Crippen molar-refractivity contribution in [3.05, 3.63) is 30.5 Å². The third kappa shape index (κ3) is 2.25. The van der Waals surface area contributed by atoms with Crippen LogP contribution < -0.4 is 10.6 Å². The molecule has 2 aromatic rings. The smallest absolute Gasteiger partial charge is 0.0650 e.